The molecule has 0 aliphatic carbocycles. The van der Waals surface area contributed by atoms with Crippen molar-refractivity contribution in [1.29, 1.82) is 0 Å². The fraction of sp³-hybridized carbons (Fsp3) is 0.214. The predicted octanol–water partition coefficient (Wildman–Crippen LogP) is 4.33. The molecule has 0 saturated heterocycles. The third-order valence-electron chi connectivity index (χ3n) is 1.61. The highest BCUT2D eigenvalue weighted by molar-refractivity contribution is 5.73. The smallest absolute Gasteiger partial charge is 0.0697 e. The average molecular weight is 201 g/mol. The average Bonchev–Trinajstić information content (AvgIpc) is 2.33. The number of rotatable bonds is 3. The third-order valence-corrected chi connectivity index (χ3v) is 1.61. The van der Waals surface area contributed by atoms with E-state index < -0.39 is 0 Å². The molecule has 80 valence electrons. The lowest BCUT2D eigenvalue weighted by atomic mass is 10.1. The summed E-state index contributed by atoms with van der Waals surface area (Å²) in [6, 6.07) is 10.0. The van der Waals surface area contributed by atoms with E-state index >= 15 is 0 Å². The van der Waals surface area contributed by atoms with Gasteiger partial charge in [0.1, 0.15) is 0 Å². The first-order valence-electron chi connectivity index (χ1n) is 5.25. The van der Waals surface area contributed by atoms with Gasteiger partial charge in [0.25, 0.3) is 0 Å². The zero-order valence-electron chi connectivity index (χ0n) is 9.77. The summed E-state index contributed by atoms with van der Waals surface area (Å²) in [4.78, 5) is 4.25. The zero-order chi connectivity index (χ0) is 11.5. The van der Waals surface area contributed by atoms with E-state index in [1.165, 1.54) is 0 Å². The molecule has 0 bridgehead atoms. The van der Waals surface area contributed by atoms with Gasteiger partial charge in [0.05, 0.1) is 5.70 Å². The number of aliphatic imine (C=N–C) groups is 1. The van der Waals surface area contributed by atoms with Crippen LogP contribution in [0.1, 0.15) is 26.3 Å². The number of benzene rings is 1. The van der Waals surface area contributed by atoms with Crippen molar-refractivity contribution in [1.82, 2.24) is 0 Å². The van der Waals surface area contributed by atoms with Gasteiger partial charge >= 0.3 is 0 Å². The molecule has 1 aromatic carbocycles. The van der Waals surface area contributed by atoms with Crippen molar-refractivity contribution in [2.75, 3.05) is 0 Å². The van der Waals surface area contributed by atoms with E-state index in [2.05, 4.69) is 11.6 Å². The maximum atomic E-state index is 4.25. The molecule has 1 heteroatoms. The van der Waals surface area contributed by atoms with E-state index in [9.17, 15) is 0 Å². The Balaban J connectivity index is 0.000000921. The minimum Gasteiger partial charge on any atom is -0.261 e. The SMILES string of the molecule is C=C/C=C(\N=CC)c1ccccc1.CC. The van der Waals surface area contributed by atoms with Gasteiger partial charge in [-0.25, -0.2) is 0 Å². The van der Waals surface area contributed by atoms with Crippen LogP contribution in [0.5, 0.6) is 0 Å². The maximum absolute atomic E-state index is 4.25. The second-order valence-corrected chi connectivity index (χ2v) is 2.54. The van der Waals surface area contributed by atoms with Crippen LogP contribution in [-0.4, -0.2) is 6.21 Å². The number of hydrogen-bond donors (Lipinski definition) is 0. The molecule has 1 rings (SSSR count). The molecule has 0 spiro atoms. The molecule has 0 aliphatic rings. The summed E-state index contributed by atoms with van der Waals surface area (Å²) in [7, 11) is 0. The highest BCUT2D eigenvalue weighted by Crippen LogP contribution is 2.14. The van der Waals surface area contributed by atoms with Gasteiger partial charge in [-0.2, -0.15) is 0 Å². The predicted molar refractivity (Wildman–Crippen MR) is 70.1 cm³/mol. The lowest BCUT2D eigenvalue weighted by Gasteiger charge is -1.99. The van der Waals surface area contributed by atoms with Crippen molar-refractivity contribution in [3.8, 4) is 0 Å². The number of hydrogen-bond acceptors (Lipinski definition) is 1. The van der Waals surface area contributed by atoms with Crippen LogP contribution in [0.25, 0.3) is 5.70 Å². The van der Waals surface area contributed by atoms with Crippen LogP contribution >= 0.6 is 0 Å². The number of allylic oxidation sites excluding steroid dienone is 2. The Labute approximate surface area is 92.9 Å². The van der Waals surface area contributed by atoms with Crippen LogP contribution in [0.4, 0.5) is 0 Å². The summed E-state index contributed by atoms with van der Waals surface area (Å²) < 4.78 is 0. The summed E-state index contributed by atoms with van der Waals surface area (Å²) >= 11 is 0. The molecule has 1 aromatic rings. The van der Waals surface area contributed by atoms with Gasteiger partial charge in [0.2, 0.25) is 0 Å². The molecule has 0 aromatic heterocycles. The van der Waals surface area contributed by atoms with E-state index in [1.54, 1.807) is 12.3 Å². The van der Waals surface area contributed by atoms with Gasteiger partial charge in [0.15, 0.2) is 0 Å². The normalized spacial score (nSPS) is 10.7. The summed E-state index contributed by atoms with van der Waals surface area (Å²) in [6.07, 6.45) is 5.42. The highest BCUT2D eigenvalue weighted by atomic mass is 14.7. The first-order valence-corrected chi connectivity index (χ1v) is 5.25. The number of nitrogens with zero attached hydrogens (tertiary/aromatic N) is 1. The summed E-state index contributed by atoms with van der Waals surface area (Å²) in [5.41, 5.74) is 2.05. The molecule has 0 amide bonds. The fourth-order valence-electron chi connectivity index (χ4n) is 1.07. The Hall–Kier alpha value is -1.63. The van der Waals surface area contributed by atoms with Crippen LogP contribution in [-0.2, 0) is 0 Å². The van der Waals surface area contributed by atoms with Crippen molar-refractivity contribution in [3.63, 3.8) is 0 Å². The Morgan fingerprint density at radius 1 is 1.20 bits per heavy atom. The van der Waals surface area contributed by atoms with Crippen LogP contribution in [0, 0.1) is 0 Å². The lowest BCUT2D eigenvalue weighted by molar-refractivity contribution is 1.50. The third kappa shape index (κ3) is 4.96. The standard InChI is InChI=1S/C12H13N.C2H6/c1-3-8-12(13-4-2)11-9-6-5-7-10-11;1-2/h3-10H,1H2,2H3;1-2H3/b12-8-,13-4?;. The summed E-state index contributed by atoms with van der Waals surface area (Å²) in [5.74, 6) is 0. The van der Waals surface area contributed by atoms with Gasteiger partial charge in [0, 0.05) is 11.8 Å². The van der Waals surface area contributed by atoms with Crippen molar-refractivity contribution in [3.05, 3.63) is 54.6 Å². The van der Waals surface area contributed by atoms with Crippen LogP contribution < -0.4 is 0 Å². The van der Waals surface area contributed by atoms with E-state index in [4.69, 9.17) is 0 Å². The largest absolute Gasteiger partial charge is 0.261 e. The van der Waals surface area contributed by atoms with Crippen molar-refractivity contribution in [2.24, 2.45) is 4.99 Å². The van der Waals surface area contributed by atoms with Crippen molar-refractivity contribution in [2.45, 2.75) is 20.8 Å². The topological polar surface area (TPSA) is 12.4 Å². The minimum atomic E-state index is 0.943. The summed E-state index contributed by atoms with van der Waals surface area (Å²) in [5, 5.41) is 0. The van der Waals surface area contributed by atoms with Crippen molar-refractivity contribution < 1.29 is 0 Å². The van der Waals surface area contributed by atoms with Gasteiger partial charge in [-0.15, -0.1) is 0 Å². The van der Waals surface area contributed by atoms with Crippen LogP contribution in [0.2, 0.25) is 0 Å². The zero-order valence-corrected chi connectivity index (χ0v) is 9.77. The molecule has 0 aliphatic heterocycles. The van der Waals surface area contributed by atoms with E-state index in [-0.39, 0.29) is 0 Å². The van der Waals surface area contributed by atoms with Crippen LogP contribution in [0.15, 0.2) is 54.1 Å². The highest BCUT2D eigenvalue weighted by Gasteiger charge is 1.94. The Kier molecular flexibility index (Phi) is 7.97. The van der Waals surface area contributed by atoms with Gasteiger partial charge in [-0.1, -0.05) is 56.8 Å². The molecule has 0 N–H and O–H groups in total. The quantitative estimate of drug-likeness (QED) is 0.510. The second kappa shape index (κ2) is 8.95. The summed E-state index contributed by atoms with van der Waals surface area (Å²) in [6.45, 7) is 9.56. The maximum Gasteiger partial charge on any atom is 0.0697 e. The van der Waals surface area contributed by atoms with Crippen LogP contribution in [0.3, 0.4) is 0 Å². The first-order chi connectivity index (χ1) is 7.38. The van der Waals surface area contributed by atoms with E-state index in [1.807, 2.05) is 57.2 Å². The molecule has 15 heavy (non-hydrogen) atoms. The van der Waals surface area contributed by atoms with E-state index in [0.29, 0.717) is 0 Å². The molecule has 0 atom stereocenters. The van der Waals surface area contributed by atoms with Crippen molar-refractivity contribution >= 4 is 11.9 Å². The second-order valence-electron chi connectivity index (χ2n) is 2.54. The lowest BCUT2D eigenvalue weighted by Crippen LogP contribution is -1.79. The Bertz CT molecular complexity index is 320. The van der Waals surface area contributed by atoms with E-state index in [0.717, 1.165) is 11.3 Å². The molecule has 0 fully saturated rings. The van der Waals surface area contributed by atoms with Gasteiger partial charge in [-0.3, -0.25) is 4.99 Å². The molecule has 0 radical (unpaired) electrons. The molecule has 0 saturated carbocycles. The first kappa shape index (κ1) is 13.4. The van der Waals surface area contributed by atoms with Gasteiger partial charge in [-0.05, 0) is 13.0 Å². The minimum absolute atomic E-state index is 0.943. The Morgan fingerprint density at radius 3 is 2.27 bits per heavy atom. The fourth-order valence-corrected chi connectivity index (χ4v) is 1.07. The van der Waals surface area contributed by atoms with Gasteiger partial charge < -0.3 is 0 Å². The molecular weight excluding hydrogens is 182 g/mol. The molecule has 0 heterocycles. The molecule has 0 unspecified atom stereocenters. The molecule has 1 nitrogen and oxygen atoms in total. The Morgan fingerprint density at radius 2 is 1.80 bits per heavy atom. The monoisotopic (exact) mass is 201 g/mol. The molecular formula is C14H19N.